The number of aromatic nitrogens is 2. The molecule has 0 radical (unpaired) electrons. The molecule has 1 heterocycles. The van der Waals surface area contributed by atoms with E-state index < -0.39 is 5.69 Å². The third-order valence-corrected chi connectivity index (χ3v) is 2.69. The van der Waals surface area contributed by atoms with Crippen LogP contribution in [-0.2, 0) is 6.42 Å². The Balaban J connectivity index is 2.86. The molecule has 0 amide bonds. The zero-order valence-corrected chi connectivity index (χ0v) is 9.35. The van der Waals surface area contributed by atoms with Crippen LogP contribution >= 0.6 is 23.6 Å². The first-order valence-electron chi connectivity index (χ1n) is 4.47. The normalized spacial score (nSPS) is 10.8. The molecule has 0 saturated carbocycles. The Kier molecular flexibility index (Phi) is 3.89. The lowest BCUT2D eigenvalue weighted by molar-refractivity contribution is 0.440. The molecule has 1 rings (SSSR count). The molecule has 0 bridgehead atoms. The van der Waals surface area contributed by atoms with Crippen molar-refractivity contribution in [2.24, 2.45) is 0 Å². The Bertz CT molecular complexity index is 370. The van der Waals surface area contributed by atoms with E-state index in [1.54, 1.807) is 0 Å². The molecule has 1 aromatic heterocycles. The van der Waals surface area contributed by atoms with Crippen LogP contribution < -0.4 is 5.69 Å². The summed E-state index contributed by atoms with van der Waals surface area (Å²) in [5, 5.41) is 9.42. The van der Waals surface area contributed by atoms with Gasteiger partial charge in [0.25, 0.3) is 0 Å². The van der Waals surface area contributed by atoms with Gasteiger partial charge in [-0.25, -0.2) is 8.88 Å². The Morgan fingerprint density at radius 3 is 2.36 bits per heavy atom. The predicted octanol–water partition coefficient (Wildman–Crippen LogP) is 2.09. The second kappa shape index (κ2) is 4.75. The van der Waals surface area contributed by atoms with Gasteiger partial charge in [0.1, 0.15) is 5.69 Å². The van der Waals surface area contributed by atoms with Gasteiger partial charge in [-0.3, -0.25) is 0 Å². The summed E-state index contributed by atoms with van der Waals surface area (Å²) in [6, 6.07) is 0. The van der Waals surface area contributed by atoms with Gasteiger partial charge in [0.05, 0.1) is 0 Å². The molecule has 0 aliphatic rings. The molecule has 14 heavy (non-hydrogen) atoms. The van der Waals surface area contributed by atoms with Gasteiger partial charge in [-0.1, -0.05) is 19.8 Å². The van der Waals surface area contributed by atoms with Gasteiger partial charge >= 0.3 is 5.69 Å². The number of halogens is 2. The second-order valence-electron chi connectivity index (χ2n) is 3.07. The minimum Gasteiger partial charge on any atom is -0.492 e. The number of rotatable bonds is 4. The quantitative estimate of drug-likeness (QED) is 0.817. The summed E-state index contributed by atoms with van der Waals surface area (Å²) >= 11 is 11.1. The van der Waals surface area contributed by atoms with E-state index in [1.807, 2.05) is 0 Å². The van der Waals surface area contributed by atoms with Crippen molar-refractivity contribution in [2.75, 3.05) is 0 Å². The van der Waals surface area contributed by atoms with Gasteiger partial charge in [-0.2, -0.15) is 4.09 Å². The first kappa shape index (κ1) is 11.5. The summed E-state index contributed by atoms with van der Waals surface area (Å²) in [6.07, 6.45) is 3.52. The highest BCUT2D eigenvalue weighted by Crippen LogP contribution is 2.19. The molecule has 1 N–H and O–H groups in total. The first-order valence-corrected chi connectivity index (χ1v) is 5.15. The summed E-state index contributed by atoms with van der Waals surface area (Å²) in [7, 11) is 0. The minimum absolute atomic E-state index is 0.261. The van der Waals surface area contributed by atoms with Crippen molar-refractivity contribution in [3.8, 4) is 5.88 Å². The number of hydrogen-bond donors (Lipinski definition) is 1. The molecular formula is C8H12Cl2N2O2. The standard InChI is InChI=1S/C8H12Cl2N2O2/c1-2-3-4-5-6-7(13)12(10)8(14)11(6)9/h13H,2-5H2,1H3. The van der Waals surface area contributed by atoms with Crippen molar-refractivity contribution in [2.45, 2.75) is 32.6 Å². The molecule has 0 fully saturated rings. The Labute approximate surface area is 91.9 Å². The summed E-state index contributed by atoms with van der Waals surface area (Å²) in [4.78, 5) is 11.1. The molecule has 1 aromatic rings. The van der Waals surface area contributed by atoms with Crippen molar-refractivity contribution in [3.63, 3.8) is 0 Å². The number of aromatic hydroxyl groups is 1. The van der Waals surface area contributed by atoms with Crippen LogP contribution in [0.5, 0.6) is 5.88 Å². The smallest absolute Gasteiger partial charge is 0.361 e. The van der Waals surface area contributed by atoms with E-state index in [2.05, 4.69) is 6.92 Å². The lowest BCUT2D eigenvalue weighted by atomic mass is 10.2. The summed E-state index contributed by atoms with van der Waals surface area (Å²) in [5.74, 6) is -0.261. The maximum atomic E-state index is 11.1. The maximum Gasteiger partial charge on any atom is 0.361 e. The van der Waals surface area contributed by atoms with Gasteiger partial charge in [0.2, 0.25) is 5.88 Å². The Hall–Kier alpha value is -0.610. The maximum absolute atomic E-state index is 11.1. The van der Waals surface area contributed by atoms with Gasteiger partial charge in [-0.05, 0) is 12.8 Å². The van der Waals surface area contributed by atoms with Gasteiger partial charge in [0.15, 0.2) is 0 Å². The van der Waals surface area contributed by atoms with Crippen LogP contribution in [0.1, 0.15) is 31.9 Å². The Morgan fingerprint density at radius 2 is 1.93 bits per heavy atom. The lowest BCUT2D eigenvalue weighted by Crippen LogP contribution is -2.14. The van der Waals surface area contributed by atoms with Gasteiger partial charge < -0.3 is 5.11 Å². The summed E-state index contributed by atoms with van der Waals surface area (Å²) < 4.78 is 1.48. The lowest BCUT2D eigenvalue weighted by Gasteiger charge is -1.99. The van der Waals surface area contributed by atoms with E-state index in [0.717, 1.165) is 23.3 Å². The van der Waals surface area contributed by atoms with E-state index in [1.165, 1.54) is 0 Å². The second-order valence-corrected chi connectivity index (χ2v) is 3.75. The SMILES string of the molecule is CCCCCc1c(O)n(Cl)c(=O)n1Cl. The van der Waals surface area contributed by atoms with Crippen molar-refractivity contribution >= 4 is 23.6 Å². The summed E-state index contributed by atoms with van der Waals surface area (Å²) in [6.45, 7) is 2.07. The molecule has 80 valence electrons. The third-order valence-electron chi connectivity index (χ3n) is 2.03. The van der Waals surface area contributed by atoms with Crippen LogP contribution in [0.4, 0.5) is 0 Å². The van der Waals surface area contributed by atoms with Gasteiger partial charge in [0, 0.05) is 23.6 Å². The molecule has 0 atom stereocenters. The fraction of sp³-hybridized carbons (Fsp3) is 0.625. The largest absolute Gasteiger partial charge is 0.492 e. The zero-order chi connectivity index (χ0) is 10.7. The van der Waals surface area contributed by atoms with Crippen molar-refractivity contribution in [3.05, 3.63) is 16.2 Å². The van der Waals surface area contributed by atoms with Gasteiger partial charge in [-0.15, -0.1) is 0 Å². The van der Waals surface area contributed by atoms with Crippen LogP contribution in [0.3, 0.4) is 0 Å². The first-order chi connectivity index (χ1) is 6.59. The average molecular weight is 239 g/mol. The fourth-order valence-electron chi connectivity index (χ4n) is 1.24. The predicted molar refractivity (Wildman–Crippen MR) is 56.1 cm³/mol. The topological polar surface area (TPSA) is 47.2 Å². The number of unbranched alkanes of at least 4 members (excludes halogenated alkanes) is 2. The van der Waals surface area contributed by atoms with Crippen LogP contribution in [0.25, 0.3) is 0 Å². The minimum atomic E-state index is -0.627. The molecular weight excluding hydrogens is 227 g/mol. The molecule has 0 spiro atoms. The monoisotopic (exact) mass is 238 g/mol. The van der Waals surface area contributed by atoms with Crippen LogP contribution in [0.15, 0.2) is 4.79 Å². The highest BCUT2D eigenvalue weighted by Gasteiger charge is 2.16. The van der Waals surface area contributed by atoms with Crippen LogP contribution in [-0.4, -0.2) is 13.3 Å². The highest BCUT2D eigenvalue weighted by molar-refractivity contribution is 6.18. The molecule has 4 nitrogen and oxygen atoms in total. The van der Waals surface area contributed by atoms with E-state index >= 15 is 0 Å². The van der Waals surface area contributed by atoms with E-state index in [0.29, 0.717) is 16.2 Å². The van der Waals surface area contributed by atoms with Crippen molar-refractivity contribution in [1.82, 2.24) is 8.17 Å². The highest BCUT2D eigenvalue weighted by atomic mass is 35.5. The molecule has 0 aromatic carbocycles. The molecule has 0 unspecified atom stereocenters. The number of imidazole rings is 1. The van der Waals surface area contributed by atoms with Crippen molar-refractivity contribution in [1.29, 1.82) is 0 Å². The molecule has 0 aliphatic heterocycles. The zero-order valence-electron chi connectivity index (χ0n) is 7.83. The van der Waals surface area contributed by atoms with E-state index in [9.17, 15) is 9.90 Å². The number of hydrogen-bond acceptors (Lipinski definition) is 2. The molecule has 0 aliphatic carbocycles. The summed E-state index contributed by atoms with van der Waals surface area (Å²) in [5.41, 5.74) is -0.252. The third kappa shape index (κ3) is 2.07. The average Bonchev–Trinajstić information content (AvgIpc) is 2.35. The number of nitrogens with zero attached hydrogens (tertiary/aromatic N) is 2. The Morgan fingerprint density at radius 1 is 1.29 bits per heavy atom. The van der Waals surface area contributed by atoms with Crippen LogP contribution in [0, 0.1) is 0 Å². The molecule has 6 heteroatoms. The van der Waals surface area contributed by atoms with E-state index in [4.69, 9.17) is 23.6 Å². The van der Waals surface area contributed by atoms with Crippen LogP contribution in [0.2, 0.25) is 0 Å². The van der Waals surface area contributed by atoms with E-state index in [-0.39, 0.29) is 5.88 Å². The fourth-order valence-corrected chi connectivity index (χ4v) is 1.68. The van der Waals surface area contributed by atoms with Crippen molar-refractivity contribution < 1.29 is 5.11 Å². The molecule has 0 saturated heterocycles.